The molecule has 0 saturated carbocycles. The van der Waals surface area contributed by atoms with E-state index in [1.54, 1.807) is 5.47 Å². The molecule has 0 amide bonds. The van der Waals surface area contributed by atoms with E-state index in [4.69, 9.17) is 0 Å². The van der Waals surface area contributed by atoms with E-state index in [1.807, 2.05) is 23.5 Å². The fourth-order valence-electron chi connectivity index (χ4n) is 22.2. The van der Waals surface area contributed by atoms with Gasteiger partial charge in [-0.25, -0.2) is 0 Å². The van der Waals surface area contributed by atoms with Gasteiger partial charge in [0.1, 0.15) is 0 Å². The molecule has 2 aromatic heterocycles. The van der Waals surface area contributed by atoms with Crippen molar-refractivity contribution in [1.82, 2.24) is 9.13 Å². The summed E-state index contributed by atoms with van der Waals surface area (Å²) < 4.78 is 4.97. The van der Waals surface area contributed by atoms with Crippen molar-refractivity contribution in [3.05, 3.63) is 353 Å². The summed E-state index contributed by atoms with van der Waals surface area (Å²) in [6, 6.07) is 109. The molecule has 0 bridgehead atoms. The SMILES string of the molecule is CC1(C)C2=CCCC3=C2N(c2ccccc21)c1cc(-c2ccc(-n4c5ccccc5c5ccccc54)cc2)cc2c1B3C1=C3C(=CC4(C=Cc5c4c4c#cccc4n5-c4ccc(-c5cc6c7c(c5)N5c8ccccc8Sc8cccc(c85)B7c5cccc7c5N6c5ccccc5S7)cc4)C1)C(C)(C)c1ccccc1N32. The summed E-state index contributed by atoms with van der Waals surface area (Å²) in [4.78, 5) is 15.8. The Bertz CT molecular complexity index is 6820. The second kappa shape index (κ2) is 21.2. The summed E-state index contributed by atoms with van der Waals surface area (Å²) in [5.74, 6) is 0. The Kier molecular flexibility index (Phi) is 11.7. The quantitative estimate of drug-likeness (QED) is 0.163. The molecule has 110 heavy (non-hydrogen) atoms. The van der Waals surface area contributed by atoms with Crippen LogP contribution in [0.25, 0.3) is 72.4 Å². The van der Waals surface area contributed by atoms with Crippen LogP contribution < -0.4 is 41.5 Å². The highest BCUT2D eigenvalue weighted by Crippen LogP contribution is 2.65. The van der Waals surface area contributed by atoms with Crippen molar-refractivity contribution < 1.29 is 0 Å². The maximum absolute atomic E-state index is 3.85. The largest absolute Gasteiger partial charge is 0.311 e. The van der Waals surface area contributed by atoms with Crippen LogP contribution in [0.15, 0.2) is 338 Å². The molecule has 11 aliphatic rings. The van der Waals surface area contributed by atoms with Gasteiger partial charge in [0, 0.05) is 97.7 Å². The Morgan fingerprint density at radius 2 is 0.900 bits per heavy atom. The molecule has 6 nitrogen and oxygen atoms in total. The van der Waals surface area contributed by atoms with Gasteiger partial charge in [-0.2, -0.15) is 0 Å². The van der Waals surface area contributed by atoms with Crippen LogP contribution in [-0.2, 0) is 16.2 Å². The Morgan fingerprint density at radius 1 is 0.409 bits per heavy atom. The summed E-state index contributed by atoms with van der Waals surface area (Å²) in [6.45, 7) is 10.0. The van der Waals surface area contributed by atoms with Gasteiger partial charge in [0.15, 0.2) is 0 Å². The number of fused-ring (bicyclic) bond motifs is 23. The minimum absolute atomic E-state index is 0.0224. The van der Waals surface area contributed by atoms with Crippen LogP contribution in [-0.4, -0.2) is 22.6 Å². The van der Waals surface area contributed by atoms with E-state index < -0.39 is 5.41 Å². The van der Waals surface area contributed by atoms with E-state index >= 15 is 0 Å². The zero-order chi connectivity index (χ0) is 72.1. The third kappa shape index (κ3) is 7.58. The number of anilines is 10. The first-order chi connectivity index (χ1) is 54.1. The molecule has 13 aromatic carbocycles. The smallest absolute Gasteiger partial charge is 0.252 e. The first-order valence-corrected chi connectivity index (χ1v) is 40.5. The van der Waals surface area contributed by atoms with Gasteiger partial charge in [0.2, 0.25) is 6.71 Å². The number of para-hydroxylation sites is 8. The van der Waals surface area contributed by atoms with E-state index in [0.29, 0.717) is 0 Å². The van der Waals surface area contributed by atoms with Gasteiger partial charge in [-0.15, -0.1) is 0 Å². The Morgan fingerprint density at radius 3 is 1.49 bits per heavy atom. The number of hydrogen-bond donors (Lipinski definition) is 0. The van der Waals surface area contributed by atoms with Gasteiger partial charge in [-0.3, -0.25) is 0 Å². The Labute approximate surface area is 648 Å². The lowest BCUT2D eigenvalue weighted by molar-refractivity contribution is 0.568. The predicted molar refractivity (Wildman–Crippen MR) is 458 cm³/mol. The number of aromatic nitrogens is 2. The van der Waals surface area contributed by atoms with Crippen LogP contribution in [0.4, 0.5) is 56.9 Å². The third-order valence-corrected chi connectivity index (χ3v) is 29.0. The average molecular weight is 1440 g/mol. The number of nitrogens with zero attached hydrogens (tertiary/aromatic N) is 6. The van der Waals surface area contributed by atoms with Crippen molar-refractivity contribution in [2.45, 2.75) is 82.8 Å². The minimum atomic E-state index is -0.520. The highest BCUT2D eigenvalue weighted by molar-refractivity contribution is 8.00. The second-order valence-corrected chi connectivity index (χ2v) is 35.0. The maximum atomic E-state index is 3.85. The van der Waals surface area contributed by atoms with E-state index in [1.165, 1.54) is 193 Å². The molecule has 1 atom stereocenters. The van der Waals surface area contributed by atoms with Gasteiger partial charge in [0.05, 0.1) is 61.8 Å². The van der Waals surface area contributed by atoms with Crippen LogP contribution in [0.2, 0.25) is 0 Å². The molecule has 0 radical (unpaired) electrons. The summed E-state index contributed by atoms with van der Waals surface area (Å²) in [7, 11) is 0. The van der Waals surface area contributed by atoms with Crippen molar-refractivity contribution in [1.29, 1.82) is 0 Å². The number of rotatable bonds is 4. The Balaban J connectivity index is 0.649. The molecule has 514 valence electrons. The minimum Gasteiger partial charge on any atom is -0.311 e. The van der Waals surface area contributed by atoms with Gasteiger partial charge in [0.25, 0.3) is 6.71 Å². The molecular weight excluding hydrogens is 1370 g/mol. The Hall–Kier alpha value is -12.3. The molecule has 0 fully saturated rings. The first-order valence-electron chi connectivity index (χ1n) is 38.9. The van der Waals surface area contributed by atoms with Crippen molar-refractivity contribution in [2.75, 3.05) is 19.6 Å². The van der Waals surface area contributed by atoms with Gasteiger partial charge in [-0.1, -0.05) is 238 Å². The number of benzene rings is 12. The second-order valence-electron chi connectivity index (χ2n) is 32.8. The summed E-state index contributed by atoms with van der Waals surface area (Å²) >= 11 is 3.80. The van der Waals surface area contributed by atoms with Crippen LogP contribution in [0.1, 0.15) is 69.3 Å². The highest BCUT2D eigenvalue weighted by Gasteiger charge is 2.58. The van der Waals surface area contributed by atoms with Crippen LogP contribution in [0.5, 0.6) is 0 Å². The third-order valence-electron chi connectivity index (χ3n) is 26.8. The molecule has 1 unspecified atom stereocenters. The molecule has 0 saturated heterocycles. The van der Waals surface area contributed by atoms with Crippen molar-refractivity contribution in [3.63, 3.8) is 0 Å². The zero-order valence-corrected chi connectivity index (χ0v) is 62.6. The van der Waals surface area contributed by atoms with Crippen LogP contribution in [0, 0.1) is 12.1 Å². The summed E-state index contributed by atoms with van der Waals surface area (Å²) in [5.41, 5.74) is 41.5. The van der Waals surface area contributed by atoms with Crippen LogP contribution in [0.3, 0.4) is 0 Å². The van der Waals surface area contributed by atoms with E-state index in [2.05, 4.69) is 360 Å². The maximum Gasteiger partial charge on any atom is 0.252 e. The lowest BCUT2D eigenvalue weighted by Gasteiger charge is -2.56. The van der Waals surface area contributed by atoms with Crippen LogP contribution >= 0.6 is 23.5 Å². The fourth-order valence-corrected chi connectivity index (χ4v) is 24.4. The number of allylic oxidation sites excluding steroid dienone is 7. The van der Waals surface area contributed by atoms with Gasteiger partial charge >= 0.3 is 0 Å². The molecule has 10 heteroatoms. The molecule has 15 aromatic rings. The van der Waals surface area contributed by atoms with Crippen molar-refractivity contribution in [2.24, 2.45) is 0 Å². The summed E-state index contributed by atoms with van der Waals surface area (Å²) in [5, 5.41) is 3.66. The normalized spacial score (nSPS) is 18.4. The fraction of sp³-hybridized carbons (Fsp3) is 0.100. The first kappa shape index (κ1) is 60.7. The lowest BCUT2D eigenvalue weighted by Crippen LogP contribution is -2.62. The lowest BCUT2D eigenvalue weighted by atomic mass is 9.29. The standard InChI is InChI=1S/C100H66B2N6S2/c1-98(2)67-25-8-13-34-78(67)105-83-52-60(58-42-46-62(47-43-58)103-75-31-10-5-22-64(75)65-23-6-11-32-76(65)103)53-84-93(83)102(71-28-19-27-69(98)94(71)105)74-57-100(56-70-95(74)106(84)79-35-14-9-26-68(79)99(70,3)4)51-50-82-91(100)66-24-7-12-33-77(66)104(82)63-48-44-59(45-49-63)61-54-85-92-86(55-61)108-81-37-16-18-39-88(81)110-90-41-21-30-73(97(90)108)101(92)72-29-20-40-89-96(72)107(85)80-36-15-17-38-87(80)109-89/h5-6,8-18,20-23,25-27,29-56H,19,28,57H2,1-4H3. The molecular formula is C100H66B2N6S2. The molecule has 26 rings (SSSR count). The predicted octanol–water partition coefficient (Wildman–Crippen LogP) is 22.9. The highest BCUT2D eigenvalue weighted by atomic mass is 32.2. The van der Waals surface area contributed by atoms with Gasteiger partial charge in [-0.05, 0) is 213 Å². The monoisotopic (exact) mass is 1440 g/mol. The van der Waals surface area contributed by atoms with E-state index in [-0.39, 0.29) is 24.3 Å². The molecule has 3 aliphatic carbocycles. The van der Waals surface area contributed by atoms with Gasteiger partial charge < -0.3 is 28.7 Å². The molecule has 0 N–H and O–H groups in total. The van der Waals surface area contributed by atoms with Crippen molar-refractivity contribution in [3.8, 4) is 33.6 Å². The van der Waals surface area contributed by atoms with E-state index in [0.717, 1.165) is 41.5 Å². The molecule has 1 spiro atoms. The summed E-state index contributed by atoms with van der Waals surface area (Å²) in [6.07, 6.45) is 13.2. The molecule has 10 heterocycles. The number of hydrogen-bond acceptors (Lipinski definition) is 6. The average Bonchev–Trinajstić information content (AvgIpc) is 1.16. The van der Waals surface area contributed by atoms with E-state index in [9.17, 15) is 0 Å². The molecule has 8 aliphatic heterocycles. The zero-order valence-electron chi connectivity index (χ0n) is 61.0. The van der Waals surface area contributed by atoms with Crippen molar-refractivity contribution >= 4 is 154 Å². The topological polar surface area (TPSA) is 22.8 Å².